The monoisotopic (exact) mass is 328 g/mol. The van der Waals surface area contributed by atoms with Crippen molar-refractivity contribution < 1.29 is 9.47 Å². The highest BCUT2D eigenvalue weighted by atomic mass is 16.7. The molecule has 2 N–H and O–H groups in total. The summed E-state index contributed by atoms with van der Waals surface area (Å²) >= 11 is 0. The van der Waals surface area contributed by atoms with E-state index < -0.39 is 0 Å². The van der Waals surface area contributed by atoms with Crippen molar-refractivity contribution in [1.29, 1.82) is 0 Å². The molecule has 2 aliphatic heterocycles. The van der Waals surface area contributed by atoms with Gasteiger partial charge in [0.2, 0.25) is 6.79 Å². The van der Waals surface area contributed by atoms with E-state index in [9.17, 15) is 0 Å². The van der Waals surface area contributed by atoms with Gasteiger partial charge >= 0.3 is 0 Å². The first-order valence-electron chi connectivity index (χ1n) is 8.07. The van der Waals surface area contributed by atoms with Crippen molar-refractivity contribution in [1.82, 2.24) is 25.4 Å². The topological polar surface area (TPSA) is 85.6 Å². The number of nitrogens with zero attached hydrogens (tertiary/aromatic N) is 4. The van der Waals surface area contributed by atoms with Crippen LogP contribution in [0.1, 0.15) is 23.6 Å². The van der Waals surface area contributed by atoms with Crippen LogP contribution in [0.3, 0.4) is 0 Å². The van der Waals surface area contributed by atoms with Crippen LogP contribution in [0.4, 0.5) is 0 Å². The van der Waals surface area contributed by atoms with E-state index in [0.29, 0.717) is 13.1 Å². The molecule has 0 saturated heterocycles. The van der Waals surface area contributed by atoms with Gasteiger partial charge in [-0.15, -0.1) is 10.2 Å². The van der Waals surface area contributed by atoms with E-state index in [4.69, 9.17) is 9.47 Å². The van der Waals surface area contributed by atoms with Gasteiger partial charge in [0, 0.05) is 26.6 Å². The summed E-state index contributed by atoms with van der Waals surface area (Å²) in [5, 5.41) is 15.0. The minimum atomic E-state index is 0.290. The number of fused-ring (bicyclic) bond motifs is 2. The molecular weight excluding hydrogens is 308 g/mol. The Hall–Kier alpha value is -2.77. The first-order chi connectivity index (χ1) is 11.8. The average Bonchev–Trinajstić information content (AvgIpc) is 3.32. The number of rotatable bonds is 4. The van der Waals surface area contributed by atoms with Crippen LogP contribution in [-0.2, 0) is 26.1 Å². The molecule has 126 valence electrons. The quantitative estimate of drug-likeness (QED) is 0.638. The van der Waals surface area contributed by atoms with Crippen molar-refractivity contribution in [3.63, 3.8) is 0 Å². The highest BCUT2D eigenvalue weighted by Crippen LogP contribution is 2.32. The van der Waals surface area contributed by atoms with Gasteiger partial charge in [0.1, 0.15) is 5.82 Å². The van der Waals surface area contributed by atoms with Gasteiger partial charge in [0.05, 0.1) is 6.54 Å². The Labute approximate surface area is 139 Å². The molecule has 0 amide bonds. The maximum atomic E-state index is 5.40. The molecule has 0 unspecified atom stereocenters. The Morgan fingerprint density at radius 2 is 2.08 bits per heavy atom. The minimum absolute atomic E-state index is 0.290. The number of guanidine groups is 1. The van der Waals surface area contributed by atoms with Crippen LogP contribution in [0.5, 0.6) is 11.5 Å². The molecule has 0 bridgehead atoms. The van der Waals surface area contributed by atoms with Gasteiger partial charge in [-0.1, -0.05) is 6.07 Å². The number of aryl methyl sites for hydroxylation is 1. The van der Waals surface area contributed by atoms with Gasteiger partial charge < -0.3 is 24.7 Å². The lowest BCUT2D eigenvalue weighted by molar-refractivity contribution is 0.174. The standard InChI is InChI=1S/C16H20N6O2/c1-17-16(19-9-15-21-20-14-3-2-6-22(14)15)18-8-11-4-5-12-13(7-11)24-10-23-12/h4-5,7H,2-3,6,8-10H2,1H3,(H2,17,18,19). The fourth-order valence-electron chi connectivity index (χ4n) is 2.96. The van der Waals surface area contributed by atoms with Crippen molar-refractivity contribution in [2.45, 2.75) is 32.5 Å². The predicted molar refractivity (Wildman–Crippen MR) is 87.9 cm³/mol. The van der Waals surface area contributed by atoms with E-state index in [1.54, 1.807) is 7.05 Å². The molecule has 8 nitrogen and oxygen atoms in total. The van der Waals surface area contributed by atoms with E-state index >= 15 is 0 Å². The number of hydrogen-bond donors (Lipinski definition) is 2. The predicted octanol–water partition coefficient (Wildman–Crippen LogP) is 0.818. The summed E-state index contributed by atoms with van der Waals surface area (Å²) in [5.74, 6) is 4.34. The van der Waals surface area contributed by atoms with E-state index in [1.165, 1.54) is 0 Å². The number of aliphatic imine (C=N–C) groups is 1. The van der Waals surface area contributed by atoms with Gasteiger partial charge in [0.15, 0.2) is 23.3 Å². The molecule has 2 aliphatic rings. The second-order valence-electron chi connectivity index (χ2n) is 5.75. The van der Waals surface area contributed by atoms with Crippen molar-refractivity contribution >= 4 is 5.96 Å². The van der Waals surface area contributed by atoms with Gasteiger partial charge in [0.25, 0.3) is 0 Å². The second kappa shape index (κ2) is 6.38. The first kappa shape index (κ1) is 14.8. The third-order valence-corrected chi connectivity index (χ3v) is 4.22. The molecule has 24 heavy (non-hydrogen) atoms. The Morgan fingerprint density at radius 1 is 1.21 bits per heavy atom. The van der Waals surface area contributed by atoms with E-state index in [1.807, 2.05) is 18.2 Å². The number of hydrogen-bond acceptors (Lipinski definition) is 5. The fraction of sp³-hybridized carbons (Fsp3) is 0.438. The van der Waals surface area contributed by atoms with Crippen molar-refractivity contribution in [2.24, 2.45) is 4.99 Å². The number of benzene rings is 1. The SMILES string of the molecule is CN=C(NCc1ccc2c(c1)OCO2)NCc1nnc2n1CCC2. The number of aromatic nitrogens is 3. The van der Waals surface area contributed by atoms with E-state index in [0.717, 1.165) is 54.1 Å². The average molecular weight is 328 g/mol. The molecule has 1 aromatic heterocycles. The lowest BCUT2D eigenvalue weighted by Gasteiger charge is -2.12. The van der Waals surface area contributed by atoms with Gasteiger partial charge in [-0.25, -0.2) is 0 Å². The summed E-state index contributed by atoms with van der Waals surface area (Å²) in [6.45, 7) is 2.54. The van der Waals surface area contributed by atoms with Crippen LogP contribution in [0.25, 0.3) is 0 Å². The lowest BCUT2D eigenvalue weighted by atomic mass is 10.2. The normalized spacial score (nSPS) is 15.5. The molecular formula is C16H20N6O2. The highest BCUT2D eigenvalue weighted by Gasteiger charge is 2.17. The molecule has 1 aromatic carbocycles. The van der Waals surface area contributed by atoms with Gasteiger partial charge in [-0.2, -0.15) is 0 Å². The van der Waals surface area contributed by atoms with E-state index in [-0.39, 0.29) is 6.79 Å². The van der Waals surface area contributed by atoms with Crippen LogP contribution < -0.4 is 20.1 Å². The summed E-state index contributed by atoms with van der Waals surface area (Å²) in [6, 6.07) is 5.92. The fourth-order valence-corrected chi connectivity index (χ4v) is 2.96. The van der Waals surface area contributed by atoms with Crippen LogP contribution in [0.15, 0.2) is 23.2 Å². The number of nitrogens with one attached hydrogen (secondary N) is 2. The van der Waals surface area contributed by atoms with Gasteiger partial charge in [-0.3, -0.25) is 4.99 Å². The molecule has 0 aliphatic carbocycles. The molecule has 0 saturated carbocycles. The van der Waals surface area contributed by atoms with Crippen molar-refractivity contribution in [3.8, 4) is 11.5 Å². The Bertz CT molecular complexity index is 770. The van der Waals surface area contributed by atoms with Crippen LogP contribution in [-0.4, -0.2) is 34.6 Å². The maximum absolute atomic E-state index is 5.40. The lowest BCUT2D eigenvalue weighted by Crippen LogP contribution is -2.37. The third-order valence-electron chi connectivity index (χ3n) is 4.22. The maximum Gasteiger partial charge on any atom is 0.231 e. The summed E-state index contributed by atoms with van der Waals surface area (Å²) < 4.78 is 12.9. The van der Waals surface area contributed by atoms with Crippen LogP contribution in [0, 0.1) is 0 Å². The molecule has 0 spiro atoms. The molecule has 2 aromatic rings. The Balaban J connectivity index is 1.33. The van der Waals surface area contributed by atoms with Crippen LogP contribution >= 0.6 is 0 Å². The third kappa shape index (κ3) is 2.86. The molecule has 3 heterocycles. The zero-order chi connectivity index (χ0) is 16.4. The first-order valence-corrected chi connectivity index (χ1v) is 8.07. The summed E-state index contributed by atoms with van der Waals surface area (Å²) in [4.78, 5) is 4.25. The Kier molecular flexibility index (Phi) is 3.94. The summed E-state index contributed by atoms with van der Waals surface area (Å²) in [5.41, 5.74) is 1.10. The van der Waals surface area contributed by atoms with Crippen LogP contribution in [0.2, 0.25) is 0 Å². The number of ether oxygens (including phenoxy) is 2. The molecule has 0 fully saturated rings. The zero-order valence-electron chi connectivity index (χ0n) is 13.6. The largest absolute Gasteiger partial charge is 0.454 e. The summed E-state index contributed by atoms with van der Waals surface area (Å²) in [6.07, 6.45) is 2.17. The molecule has 0 atom stereocenters. The molecule has 8 heteroatoms. The Morgan fingerprint density at radius 3 is 3.00 bits per heavy atom. The molecule has 0 radical (unpaired) electrons. The highest BCUT2D eigenvalue weighted by molar-refractivity contribution is 5.79. The van der Waals surface area contributed by atoms with Gasteiger partial charge in [-0.05, 0) is 24.1 Å². The van der Waals surface area contributed by atoms with Crippen molar-refractivity contribution in [2.75, 3.05) is 13.8 Å². The molecule has 4 rings (SSSR count). The smallest absolute Gasteiger partial charge is 0.231 e. The summed E-state index contributed by atoms with van der Waals surface area (Å²) in [7, 11) is 1.75. The zero-order valence-corrected chi connectivity index (χ0v) is 13.6. The van der Waals surface area contributed by atoms with Crippen molar-refractivity contribution in [3.05, 3.63) is 35.4 Å². The second-order valence-corrected chi connectivity index (χ2v) is 5.75. The van der Waals surface area contributed by atoms with E-state index in [2.05, 4.69) is 30.4 Å². The minimum Gasteiger partial charge on any atom is -0.454 e.